The summed E-state index contributed by atoms with van der Waals surface area (Å²) >= 11 is 17.2. The van der Waals surface area contributed by atoms with E-state index in [1.807, 2.05) is 4.90 Å². The minimum atomic E-state index is -4.99. The van der Waals surface area contributed by atoms with E-state index < -0.39 is 40.0 Å². The number of methoxy groups -OCH3 is 1. The van der Waals surface area contributed by atoms with Gasteiger partial charge in [-0.15, -0.1) is 0 Å². The maximum absolute atomic E-state index is 13.3. The third-order valence-corrected chi connectivity index (χ3v) is 4.83. The number of amides is 1. The Morgan fingerprint density at radius 1 is 1.24 bits per heavy atom. The van der Waals surface area contributed by atoms with Crippen LogP contribution in [0.2, 0.25) is 0 Å². The Morgan fingerprint density at radius 3 is 2.28 bits per heavy atom. The number of aliphatic hydroxyl groups is 1. The maximum Gasteiger partial charge on any atom is 0.418 e. The molecule has 0 spiro atoms. The SMILES string of the molecule is COc1c(C(O)C(F)(F)F)cc(N2CCCCC2)cc1N(CC(Cl)(Cl)Cl)C(=O)O. The lowest BCUT2D eigenvalue weighted by Crippen LogP contribution is -2.38. The van der Waals surface area contributed by atoms with Crippen LogP contribution in [-0.4, -0.2) is 53.0 Å². The van der Waals surface area contributed by atoms with Crippen LogP contribution >= 0.6 is 34.8 Å². The fourth-order valence-electron chi connectivity index (χ4n) is 3.19. The standard InChI is InChI=1S/C17H20Cl3F3N2O4/c1-29-13-11(14(26)17(21,22)23)7-10(24-5-3-2-4-6-24)8-12(13)25(15(27)28)9-16(18,19)20/h7-8,14,26H,2-6,9H2,1H3,(H,27,28). The number of benzene rings is 1. The molecule has 0 aliphatic carbocycles. The Labute approximate surface area is 180 Å². The van der Waals surface area contributed by atoms with Crippen LogP contribution in [0.5, 0.6) is 5.75 Å². The summed E-state index contributed by atoms with van der Waals surface area (Å²) in [5.41, 5.74) is -0.560. The molecule has 0 saturated carbocycles. The molecule has 1 aliphatic heterocycles. The maximum atomic E-state index is 13.3. The van der Waals surface area contributed by atoms with E-state index >= 15 is 0 Å². The van der Waals surface area contributed by atoms with Gasteiger partial charge in [-0.05, 0) is 31.4 Å². The molecule has 1 unspecified atom stereocenters. The number of halogens is 6. The van der Waals surface area contributed by atoms with Crippen molar-refractivity contribution in [1.82, 2.24) is 0 Å². The molecule has 1 heterocycles. The van der Waals surface area contributed by atoms with Crippen LogP contribution in [0.1, 0.15) is 30.9 Å². The Balaban J connectivity index is 2.69. The Kier molecular flexibility index (Phi) is 7.64. The monoisotopic (exact) mass is 478 g/mol. The van der Waals surface area contributed by atoms with Crippen molar-refractivity contribution in [3.05, 3.63) is 17.7 Å². The number of carboxylic acid groups (broad SMARTS) is 1. The van der Waals surface area contributed by atoms with Gasteiger partial charge in [-0.25, -0.2) is 4.79 Å². The van der Waals surface area contributed by atoms with Crippen LogP contribution in [0, 0.1) is 0 Å². The third kappa shape index (κ3) is 6.10. The van der Waals surface area contributed by atoms with Crippen molar-refractivity contribution in [1.29, 1.82) is 0 Å². The van der Waals surface area contributed by atoms with E-state index in [2.05, 4.69) is 0 Å². The highest BCUT2D eigenvalue weighted by molar-refractivity contribution is 6.68. The van der Waals surface area contributed by atoms with E-state index in [1.54, 1.807) is 0 Å². The molecule has 1 saturated heterocycles. The summed E-state index contributed by atoms with van der Waals surface area (Å²) in [6.45, 7) is 0.490. The fourth-order valence-corrected chi connectivity index (χ4v) is 3.55. The second-order valence-electron chi connectivity index (χ2n) is 6.56. The molecule has 1 aliphatic rings. The summed E-state index contributed by atoms with van der Waals surface area (Å²) in [5, 5.41) is 19.5. The van der Waals surface area contributed by atoms with Crippen molar-refractivity contribution in [3.8, 4) is 5.75 Å². The number of hydrogen-bond donors (Lipinski definition) is 2. The van der Waals surface area contributed by atoms with Gasteiger partial charge in [0.05, 0.1) is 19.3 Å². The molecule has 1 fully saturated rings. The Hall–Kier alpha value is -1.29. The molecule has 0 radical (unpaired) electrons. The molecule has 0 aromatic heterocycles. The molecule has 6 nitrogen and oxygen atoms in total. The number of anilines is 2. The van der Waals surface area contributed by atoms with Crippen molar-refractivity contribution in [2.75, 3.05) is 36.5 Å². The molecule has 12 heteroatoms. The largest absolute Gasteiger partial charge is 0.494 e. The molecule has 1 aromatic rings. The Morgan fingerprint density at radius 2 is 1.83 bits per heavy atom. The fraction of sp³-hybridized carbons (Fsp3) is 0.588. The number of rotatable bonds is 5. The highest BCUT2D eigenvalue weighted by atomic mass is 35.6. The first-order valence-electron chi connectivity index (χ1n) is 8.64. The lowest BCUT2D eigenvalue weighted by atomic mass is 10.0. The lowest BCUT2D eigenvalue weighted by molar-refractivity contribution is -0.207. The molecule has 0 bridgehead atoms. The van der Waals surface area contributed by atoms with Gasteiger partial charge < -0.3 is 19.8 Å². The second kappa shape index (κ2) is 9.24. The number of piperidine rings is 1. The van der Waals surface area contributed by atoms with Crippen LogP contribution < -0.4 is 14.5 Å². The van der Waals surface area contributed by atoms with E-state index in [0.29, 0.717) is 23.7 Å². The summed E-state index contributed by atoms with van der Waals surface area (Å²) in [5.74, 6) is -0.466. The number of carbonyl (C=O) groups is 1. The summed E-state index contributed by atoms with van der Waals surface area (Å²) in [6, 6.07) is 2.52. The summed E-state index contributed by atoms with van der Waals surface area (Å²) in [6.07, 6.45) is -6.80. The smallest absolute Gasteiger partial charge is 0.418 e. The molecule has 164 valence electrons. The topological polar surface area (TPSA) is 73.2 Å². The first-order chi connectivity index (χ1) is 13.3. The molecule has 1 amide bonds. The number of ether oxygens (including phenoxy) is 1. The molecule has 1 atom stereocenters. The zero-order valence-corrected chi connectivity index (χ0v) is 17.6. The highest BCUT2D eigenvalue weighted by Gasteiger charge is 2.43. The summed E-state index contributed by atoms with van der Waals surface area (Å²) in [4.78, 5) is 14.2. The van der Waals surface area contributed by atoms with E-state index in [4.69, 9.17) is 39.5 Å². The number of hydrogen-bond acceptors (Lipinski definition) is 4. The van der Waals surface area contributed by atoms with Crippen LogP contribution in [0.25, 0.3) is 0 Å². The predicted octanol–water partition coefficient (Wildman–Crippen LogP) is 5.14. The van der Waals surface area contributed by atoms with Crippen molar-refractivity contribution >= 4 is 52.3 Å². The lowest BCUT2D eigenvalue weighted by Gasteiger charge is -2.33. The van der Waals surface area contributed by atoms with Gasteiger partial charge in [-0.3, -0.25) is 4.90 Å². The first kappa shape index (κ1) is 24.0. The van der Waals surface area contributed by atoms with Gasteiger partial charge >= 0.3 is 12.3 Å². The van der Waals surface area contributed by atoms with Gasteiger partial charge in [-0.1, -0.05) is 34.8 Å². The predicted molar refractivity (Wildman–Crippen MR) is 106 cm³/mol. The number of nitrogens with zero attached hydrogens (tertiary/aromatic N) is 2. The average Bonchev–Trinajstić information content (AvgIpc) is 2.63. The Bertz CT molecular complexity index is 738. The van der Waals surface area contributed by atoms with Gasteiger partial charge in [0.1, 0.15) is 5.75 Å². The molecular weight excluding hydrogens is 460 g/mol. The van der Waals surface area contributed by atoms with Crippen LogP contribution in [0.4, 0.5) is 29.3 Å². The molecular formula is C17H20Cl3F3N2O4. The van der Waals surface area contributed by atoms with Crippen molar-refractivity contribution in [2.45, 2.75) is 35.3 Å². The van der Waals surface area contributed by atoms with Gasteiger partial charge in [0, 0.05) is 24.3 Å². The average molecular weight is 480 g/mol. The van der Waals surface area contributed by atoms with Gasteiger partial charge in [-0.2, -0.15) is 13.2 Å². The zero-order chi connectivity index (χ0) is 22.0. The first-order valence-corrected chi connectivity index (χ1v) is 9.77. The van der Waals surface area contributed by atoms with E-state index in [1.165, 1.54) is 6.07 Å². The number of alkyl halides is 6. The van der Waals surface area contributed by atoms with Crippen molar-refractivity contribution < 1.29 is 32.9 Å². The second-order valence-corrected chi connectivity index (χ2v) is 9.08. The molecule has 29 heavy (non-hydrogen) atoms. The number of aliphatic hydroxyl groups excluding tert-OH is 1. The minimum Gasteiger partial charge on any atom is -0.494 e. The van der Waals surface area contributed by atoms with Gasteiger partial charge in [0.25, 0.3) is 0 Å². The van der Waals surface area contributed by atoms with E-state index in [0.717, 1.165) is 32.4 Å². The van der Waals surface area contributed by atoms with E-state index in [-0.39, 0.29) is 5.69 Å². The molecule has 2 N–H and O–H groups in total. The van der Waals surface area contributed by atoms with E-state index in [9.17, 15) is 28.2 Å². The molecule has 1 aromatic carbocycles. The quantitative estimate of drug-likeness (QED) is 0.573. The van der Waals surface area contributed by atoms with Gasteiger partial charge in [0.2, 0.25) is 3.79 Å². The van der Waals surface area contributed by atoms with Crippen molar-refractivity contribution in [2.24, 2.45) is 0 Å². The highest BCUT2D eigenvalue weighted by Crippen LogP contribution is 2.45. The zero-order valence-electron chi connectivity index (χ0n) is 15.3. The normalized spacial score (nSPS) is 16.5. The van der Waals surface area contributed by atoms with Crippen LogP contribution in [0.3, 0.4) is 0 Å². The minimum absolute atomic E-state index is 0.257. The molecule has 2 rings (SSSR count). The van der Waals surface area contributed by atoms with Crippen LogP contribution in [0.15, 0.2) is 12.1 Å². The van der Waals surface area contributed by atoms with Gasteiger partial charge in [0.15, 0.2) is 6.10 Å². The third-order valence-electron chi connectivity index (χ3n) is 4.47. The van der Waals surface area contributed by atoms with Crippen molar-refractivity contribution in [3.63, 3.8) is 0 Å². The van der Waals surface area contributed by atoms with Crippen LogP contribution in [-0.2, 0) is 0 Å². The summed E-state index contributed by atoms with van der Waals surface area (Å²) < 4.78 is 42.9. The summed E-state index contributed by atoms with van der Waals surface area (Å²) in [7, 11) is 1.07.